The summed E-state index contributed by atoms with van der Waals surface area (Å²) < 4.78 is 33.5. The van der Waals surface area contributed by atoms with Crippen LogP contribution in [-0.4, -0.2) is 51.4 Å². The molecular weight excluding hydrogens is 266 g/mol. The smallest absolute Gasteiger partial charge is 0.279 e. The Hall–Kier alpha value is -0.890. The highest BCUT2D eigenvalue weighted by Gasteiger charge is 2.23. The average molecular weight is 289 g/mol. The molecule has 0 aliphatic rings. The molecule has 1 aromatic heterocycles. The van der Waals surface area contributed by atoms with Crippen LogP contribution in [0.1, 0.15) is 25.6 Å². The number of nitrogens with zero attached hydrogens (tertiary/aromatic N) is 2. The van der Waals surface area contributed by atoms with Crippen LogP contribution >= 0.6 is 0 Å². The highest BCUT2D eigenvalue weighted by molar-refractivity contribution is 7.87. The Balaban J connectivity index is 2.73. The van der Waals surface area contributed by atoms with E-state index >= 15 is 0 Å². The maximum Gasteiger partial charge on any atom is 0.279 e. The van der Waals surface area contributed by atoms with Crippen LogP contribution in [0.4, 0.5) is 0 Å². The monoisotopic (exact) mass is 289 g/mol. The molecule has 19 heavy (non-hydrogen) atoms. The molecule has 1 atom stereocenters. The lowest BCUT2D eigenvalue weighted by atomic mass is 10.2. The molecule has 0 radical (unpaired) electrons. The van der Waals surface area contributed by atoms with Gasteiger partial charge in [0.25, 0.3) is 10.2 Å². The molecule has 1 unspecified atom stereocenters. The van der Waals surface area contributed by atoms with Crippen LogP contribution in [-0.2, 0) is 10.2 Å². The van der Waals surface area contributed by atoms with Crippen molar-refractivity contribution in [2.75, 3.05) is 33.7 Å². The quantitative estimate of drug-likeness (QED) is 0.777. The number of likely N-dealkylation sites (N-methyl/N-ethyl adjacent to an activating group) is 1. The van der Waals surface area contributed by atoms with Crippen LogP contribution in [0.2, 0.25) is 0 Å². The number of furan rings is 1. The lowest BCUT2D eigenvalue weighted by molar-refractivity contribution is 0.258. The highest BCUT2D eigenvalue weighted by atomic mass is 32.2. The van der Waals surface area contributed by atoms with Gasteiger partial charge in [-0.3, -0.25) is 4.90 Å². The summed E-state index contributed by atoms with van der Waals surface area (Å²) in [6, 6.07) is 3.52. The lowest BCUT2D eigenvalue weighted by Gasteiger charge is -2.25. The number of hydrogen-bond acceptors (Lipinski definition) is 4. The van der Waals surface area contributed by atoms with Gasteiger partial charge in [-0.05, 0) is 26.2 Å². The third-order valence-electron chi connectivity index (χ3n) is 3.00. The van der Waals surface area contributed by atoms with Crippen LogP contribution in [0.25, 0.3) is 0 Å². The van der Waals surface area contributed by atoms with Gasteiger partial charge in [0.1, 0.15) is 5.76 Å². The summed E-state index contributed by atoms with van der Waals surface area (Å²) in [5, 5.41) is 0. The largest absolute Gasteiger partial charge is 0.468 e. The first-order valence-corrected chi connectivity index (χ1v) is 7.81. The topological polar surface area (TPSA) is 65.8 Å². The summed E-state index contributed by atoms with van der Waals surface area (Å²) in [5.74, 6) is 0.743. The van der Waals surface area contributed by atoms with Crippen LogP contribution in [0, 0.1) is 0 Å². The predicted molar refractivity (Wildman–Crippen MR) is 75.0 cm³/mol. The molecule has 0 saturated heterocycles. The third-order valence-corrected chi connectivity index (χ3v) is 4.73. The van der Waals surface area contributed by atoms with E-state index in [1.54, 1.807) is 12.3 Å². The SMILES string of the molecule is CCN(CC)S(=O)(=O)NCC(c1ccco1)N(C)C. The first-order valence-electron chi connectivity index (χ1n) is 6.36. The van der Waals surface area contributed by atoms with Crippen molar-refractivity contribution in [1.82, 2.24) is 13.9 Å². The fourth-order valence-corrected chi connectivity index (χ4v) is 3.09. The van der Waals surface area contributed by atoms with Crippen molar-refractivity contribution in [3.8, 4) is 0 Å². The molecule has 7 heteroatoms. The molecule has 1 rings (SSSR count). The number of hydrogen-bond donors (Lipinski definition) is 1. The minimum absolute atomic E-state index is 0.125. The van der Waals surface area contributed by atoms with Crippen LogP contribution < -0.4 is 4.72 Å². The molecule has 0 aromatic carbocycles. The Labute approximate surface area is 115 Å². The minimum Gasteiger partial charge on any atom is -0.468 e. The van der Waals surface area contributed by atoms with Crippen LogP contribution in [0.3, 0.4) is 0 Å². The van der Waals surface area contributed by atoms with Gasteiger partial charge in [-0.25, -0.2) is 4.72 Å². The first kappa shape index (κ1) is 16.2. The second-order valence-electron chi connectivity index (χ2n) is 4.43. The molecule has 0 saturated carbocycles. The van der Waals surface area contributed by atoms with Gasteiger partial charge in [0.05, 0.1) is 12.3 Å². The fraction of sp³-hybridized carbons (Fsp3) is 0.667. The van der Waals surface area contributed by atoms with E-state index in [-0.39, 0.29) is 12.6 Å². The van der Waals surface area contributed by atoms with Crippen LogP contribution in [0.15, 0.2) is 22.8 Å². The van der Waals surface area contributed by atoms with Gasteiger partial charge >= 0.3 is 0 Å². The molecule has 1 aromatic rings. The first-order chi connectivity index (χ1) is 8.92. The molecule has 0 fully saturated rings. The zero-order valence-electron chi connectivity index (χ0n) is 12.0. The standard InChI is InChI=1S/C12H23N3O3S/c1-5-15(6-2)19(16,17)13-10-11(14(3)4)12-8-7-9-18-12/h7-9,11,13H,5-6,10H2,1-4H3. The Morgan fingerprint density at radius 2 is 1.95 bits per heavy atom. The van der Waals surface area contributed by atoms with Crippen molar-refractivity contribution in [3.63, 3.8) is 0 Å². The van der Waals surface area contributed by atoms with E-state index in [4.69, 9.17) is 4.42 Å². The van der Waals surface area contributed by atoms with E-state index in [0.29, 0.717) is 13.1 Å². The zero-order chi connectivity index (χ0) is 14.5. The Bertz CT molecular complexity index is 453. The summed E-state index contributed by atoms with van der Waals surface area (Å²) in [4.78, 5) is 1.92. The Morgan fingerprint density at radius 3 is 2.37 bits per heavy atom. The molecule has 110 valence electrons. The molecule has 0 aliphatic heterocycles. The van der Waals surface area contributed by atoms with Gasteiger partial charge in [-0.2, -0.15) is 12.7 Å². The average Bonchev–Trinajstić information content (AvgIpc) is 2.83. The van der Waals surface area contributed by atoms with Crippen LogP contribution in [0.5, 0.6) is 0 Å². The fourth-order valence-electron chi connectivity index (χ4n) is 1.86. The summed E-state index contributed by atoms with van der Waals surface area (Å²) >= 11 is 0. The zero-order valence-corrected chi connectivity index (χ0v) is 12.8. The van der Waals surface area contributed by atoms with Gasteiger partial charge in [0.15, 0.2) is 0 Å². The van der Waals surface area contributed by atoms with E-state index in [0.717, 1.165) is 5.76 Å². The predicted octanol–water partition coefficient (Wildman–Crippen LogP) is 1.06. The van der Waals surface area contributed by atoms with Gasteiger partial charge in [-0.1, -0.05) is 13.8 Å². The van der Waals surface area contributed by atoms with Crippen molar-refractivity contribution in [3.05, 3.63) is 24.2 Å². The molecule has 0 bridgehead atoms. The van der Waals surface area contributed by atoms with Crippen molar-refractivity contribution in [2.45, 2.75) is 19.9 Å². The molecule has 1 heterocycles. The molecule has 0 aliphatic carbocycles. The summed E-state index contributed by atoms with van der Waals surface area (Å²) in [7, 11) is 0.348. The third kappa shape index (κ3) is 4.31. The number of nitrogens with one attached hydrogen (secondary N) is 1. The van der Waals surface area contributed by atoms with E-state index in [2.05, 4.69) is 4.72 Å². The van der Waals surface area contributed by atoms with Gasteiger partial charge < -0.3 is 4.42 Å². The Morgan fingerprint density at radius 1 is 1.32 bits per heavy atom. The summed E-state index contributed by atoms with van der Waals surface area (Å²) in [5.41, 5.74) is 0. The van der Waals surface area contributed by atoms with E-state index in [1.807, 2.05) is 38.9 Å². The van der Waals surface area contributed by atoms with E-state index in [1.165, 1.54) is 4.31 Å². The molecular formula is C12H23N3O3S. The molecule has 0 amide bonds. The summed E-state index contributed by atoms with van der Waals surface area (Å²) in [6.45, 7) is 4.83. The van der Waals surface area contributed by atoms with Gasteiger partial charge in [0, 0.05) is 19.6 Å². The highest BCUT2D eigenvalue weighted by Crippen LogP contribution is 2.18. The van der Waals surface area contributed by atoms with Crippen molar-refractivity contribution in [1.29, 1.82) is 0 Å². The van der Waals surface area contributed by atoms with Gasteiger partial charge in [0.2, 0.25) is 0 Å². The molecule has 6 nitrogen and oxygen atoms in total. The van der Waals surface area contributed by atoms with E-state index < -0.39 is 10.2 Å². The maximum atomic E-state index is 12.1. The second kappa shape index (κ2) is 7.04. The van der Waals surface area contributed by atoms with Gasteiger partial charge in [-0.15, -0.1) is 0 Å². The molecule has 1 N–H and O–H groups in total. The minimum atomic E-state index is -3.43. The number of rotatable bonds is 8. The molecule has 0 spiro atoms. The van der Waals surface area contributed by atoms with E-state index in [9.17, 15) is 8.42 Å². The normalized spacial score (nSPS) is 14.2. The maximum absolute atomic E-state index is 12.1. The Kier molecular flexibility index (Phi) is 5.99. The second-order valence-corrected chi connectivity index (χ2v) is 6.19. The lowest BCUT2D eigenvalue weighted by Crippen LogP contribution is -2.43. The van der Waals surface area contributed by atoms with Crippen molar-refractivity contribution in [2.24, 2.45) is 0 Å². The van der Waals surface area contributed by atoms with Crippen molar-refractivity contribution >= 4 is 10.2 Å². The summed E-state index contributed by atoms with van der Waals surface area (Å²) in [6.07, 6.45) is 1.59. The van der Waals surface area contributed by atoms with Crippen molar-refractivity contribution < 1.29 is 12.8 Å².